The highest BCUT2D eigenvalue weighted by molar-refractivity contribution is 5.71. The molecule has 0 aliphatic heterocycles. The lowest BCUT2D eigenvalue weighted by atomic mass is 10.0. The predicted octanol–water partition coefficient (Wildman–Crippen LogP) is 17.7. The minimum atomic E-state index is -1.51. The number of quaternary nitrogens is 1. The number of ether oxygens (including phenoxy) is 4. The van der Waals surface area contributed by atoms with Gasteiger partial charge in [-0.05, 0) is 77.0 Å². The highest BCUT2D eigenvalue weighted by Crippen LogP contribution is 2.16. The van der Waals surface area contributed by atoms with Gasteiger partial charge in [0.2, 0.25) is 0 Å². The number of nitrogens with zero attached hydrogens (tertiary/aromatic N) is 1. The first-order valence-electron chi connectivity index (χ1n) is 29.9. The van der Waals surface area contributed by atoms with Crippen molar-refractivity contribution in [1.82, 2.24) is 0 Å². The summed E-state index contributed by atoms with van der Waals surface area (Å²) in [5.41, 5.74) is 0. The summed E-state index contributed by atoms with van der Waals surface area (Å²) in [6.07, 6.45) is 72.4. The van der Waals surface area contributed by atoms with Crippen molar-refractivity contribution < 1.29 is 42.9 Å². The minimum absolute atomic E-state index is 0.182. The summed E-state index contributed by atoms with van der Waals surface area (Å²) in [5.74, 6) is -2.01. The van der Waals surface area contributed by atoms with Crippen molar-refractivity contribution in [3.63, 3.8) is 0 Å². The van der Waals surface area contributed by atoms with Crippen LogP contribution in [-0.4, -0.2) is 87.4 Å². The molecule has 9 heteroatoms. The first-order valence-corrected chi connectivity index (χ1v) is 29.9. The normalized spacial score (nSPS) is 13.5. The van der Waals surface area contributed by atoms with E-state index in [2.05, 4.69) is 111 Å². The van der Waals surface area contributed by atoms with Gasteiger partial charge in [-0.2, -0.15) is 0 Å². The van der Waals surface area contributed by atoms with Crippen molar-refractivity contribution in [2.75, 3.05) is 47.5 Å². The molecular formula is C65H112NO8+. The van der Waals surface area contributed by atoms with Gasteiger partial charge in [0.05, 0.1) is 34.4 Å². The molecule has 0 aromatic rings. The Morgan fingerprint density at radius 1 is 0.419 bits per heavy atom. The predicted molar refractivity (Wildman–Crippen MR) is 313 cm³/mol. The molecule has 0 rings (SSSR count). The first-order chi connectivity index (χ1) is 36.1. The lowest BCUT2D eigenvalue weighted by molar-refractivity contribution is -0.870. The zero-order valence-corrected chi connectivity index (χ0v) is 48.2. The second kappa shape index (κ2) is 55.4. The van der Waals surface area contributed by atoms with E-state index in [-0.39, 0.29) is 32.2 Å². The summed E-state index contributed by atoms with van der Waals surface area (Å²) >= 11 is 0. The summed E-state index contributed by atoms with van der Waals surface area (Å²) in [6, 6.07) is 0. The molecule has 74 heavy (non-hydrogen) atoms. The number of rotatable bonds is 54. The third kappa shape index (κ3) is 55.9. The molecular weight excluding hydrogens is 923 g/mol. The van der Waals surface area contributed by atoms with E-state index in [1.54, 1.807) is 0 Å². The number of carbonyl (C=O) groups excluding carboxylic acids is 2. The van der Waals surface area contributed by atoms with Crippen molar-refractivity contribution in [2.24, 2.45) is 0 Å². The van der Waals surface area contributed by atoms with E-state index in [1.807, 2.05) is 21.1 Å². The minimum Gasteiger partial charge on any atom is -0.477 e. The molecule has 0 spiro atoms. The largest absolute Gasteiger partial charge is 0.477 e. The van der Waals surface area contributed by atoms with Gasteiger partial charge in [-0.3, -0.25) is 9.59 Å². The zero-order chi connectivity index (χ0) is 54.1. The molecule has 9 nitrogen and oxygen atoms in total. The molecule has 0 amide bonds. The fourth-order valence-electron chi connectivity index (χ4n) is 8.03. The molecule has 1 N–H and O–H groups in total. The number of carboxylic acid groups (broad SMARTS) is 1. The van der Waals surface area contributed by atoms with Crippen LogP contribution in [-0.2, 0) is 33.3 Å². The van der Waals surface area contributed by atoms with Gasteiger partial charge in [0.1, 0.15) is 13.2 Å². The number of carboxylic acids is 1. The quantitative estimate of drug-likeness (QED) is 0.0211. The van der Waals surface area contributed by atoms with Crippen LogP contribution in [0.15, 0.2) is 97.2 Å². The van der Waals surface area contributed by atoms with Crippen molar-refractivity contribution in [3.8, 4) is 0 Å². The van der Waals surface area contributed by atoms with Crippen LogP contribution in [0, 0.1) is 0 Å². The van der Waals surface area contributed by atoms with E-state index >= 15 is 0 Å². The average molecular weight is 1040 g/mol. The molecule has 0 fully saturated rings. The van der Waals surface area contributed by atoms with Crippen molar-refractivity contribution in [1.29, 1.82) is 0 Å². The van der Waals surface area contributed by atoms with E-state index < -0.39 is 24.3 Å². The van der Waals surface area contributed by atoms with Gasteiger partial charge in [-0.15, -0.1) is 0 Å². The number of likely N-dealkylation sites (N-methyl/N-ethyl adjacent to an activating group) is 1. The molecule has 2 atom stereocenters. The number of aliphatic carboxylic acids is 1. The maximum atomic E-state index is 12.8. The fraction of sp³-hybridized carbons (Fsp3) is 0.708. The molecule has 0 aliphatic rings. The van der Waals surface area contributed by atoms with Crippen LogP contribution in [0.25, 0.3) is 0 Å². The molecule has 0 aliphatic carbocycles. The molecule has 424 valence electrons. The van der Waals surface area contributed by atoms with Gasteiger partial charge in [-0.1, -0.05) is 246 Å². The van der Waals surface area contributed by atoms with Gasteiger partial charge >= 0.3 is 17.9 Å². The van der Waals surface area contributed by atoms with Crippen LogP contribution in [0.3, 0.4) is 0 Å². The van der Waals surface area contributed by atoms with Crippen LogP contribution in [0.1, 0.15) is 239 Å². The molecule has 0 saturated heterocycles. The maximum absolute atomic E-state index is 12.8. The summed E-state index contributed by atoms with van der Waals surface area (Å²) in [5, 5.41) is 9.65. The van der Waals surface area contributed by atoms with E-state index in [1.165, 1.54) is 122 Å². The van der Waals surface area contributed by atoms with Gasteiger partial charge in [0, 0.05) is 12.8 Å². The molecule has 0 saturated carbocycles. The lowest BCUT2D eigenvalue weighted by Gasteiger charge is -2.25. The lowest BCUT2D eigenvalue weighted by Crippen LogP contribution is -2.40. The van der Waals surface area contributed by atoms with E-state index in [0.29, 0.717) is 17.4 Å². The number of esters is 2. The zero-order valence-electron chi connectivity index (χ0n) is 48.2. The Labute approximate surface area is 454 Å². The smallest absolute Gasteiger partial charge is 0.361 e. The third-order valence-electron chi connectivity index (χ3n) is 12.6. The second-order valence-corrected chi connectivity index (χ2v) is 20.9. The number of hydrogen-bond donors (Lipinski definition) is 1. The summed E-state index contributed by atoms with van der Waals surface area (Å²) < 4.78 is 22.8. The van der Waals surface area contributed by atoms with Gasteiger partial charge < -0.3 is 28.5 Å². The van der Waals surface area contributed by atoms with Crippen LogP contribution >= 0.6 is 0 Å². The summed E-state index contributed by atoms with van der Waals surface area (Å²) in [6.45, 7) is 4.72. The average Bonchev–Trinajstić information content (AvgIpc) is 3.37. The van der Waals surface area contributed by atoms with Crippen molar-refractivity contribution >= 4 is 17.9 Å². The Bertz CT molecular complexity index is 1530. The monoisotopic (exact) mass is 1030 g/mol. The Kier molecular flexibility index (Phi) is 52.6. The molecule has 0 radical (unpaired) electrons. The van der Waals surface area contributed by atoms with Gasteiger partial charge in [0.25, 0.3) is 6.29 Å². The number of hydrogen-bond acceptors (Lipinski definition) is 7. The van der Waals surface area contributed by atoms with Gasteiger partial charge in [-0.25, -0.2) is 4.79 Å². The second-order valence-electron chi connectivity index (χ2n) is 20.9. The highest BCUT2D eigenvalue weighted by atomic mass is 16.7. The molecule has 0 aromatic carbocycles. The van der Waals surface area contributed by atoms with Gasteiger partial charge in [0.15, 0.2) is 6.10 Å². The third-order valence-corrected chi connectivity index (χ3v) is 12.6. The Hall–Kier alpha value is -3.79. The summed E-state index contributed by atoms with van der Waals surface area (Å²) in [7, 11) is 5.96. The van der Waals surface area contributed by atoms with E-state index in [9.17, 15) is 19.5 Å². The molecule has 2 unspecified atom stereocenters. The van der Waals surface area contributed by atoms with E-state index in [4.69, 9.17) is 18.9 Å². The van der Waals surface area contributed by atoms with Crippen LogP contribution in [0.4, 0.5) is 0 Å². The van der Waals surface area contributed by atoms with Crippen LogP contribution in [0.5, 0.6) is 0 Å². The highest BCUT2D eigenvalue weighted by Gasteiger charge is 2.25. The first kappa shape index (κ1) is 70.2. The Balaban J connectivity index is 3.95. The molecule has 0 aromatic heterocycles. The number of unbranched alkanes of at least 4 members (excludes halogenated alkanes) is 23. The van der Waals surface area contributed by atoms with Crippen LogP contribution in [0.2, 0.25) is 0 Å². The SMILES string of the molecule is CC/C=C\C/C=C\C/C=C\C/C=C\C/C=C\C/C=C\C/C=C\C/C=C\CCCCCCCCCCCCCCCCCCC(=O)OC(COC(=O)CCCCCCCCCC)COC(OCC[N+](C)(C)C)C(=O)O. The standard InChI is InChI=1S/C65H111NO8/c1-6-8-10-12-14-16-17-18-19-20-21-22-23-24-25-26-27-28-29-30-31-32-33-34-35-36-37-38-39-40-41-42-43-44-45-46-47-48-50-52-54-56-63(68)74-61(60-73-65(64(69)70)71-58-57-66(3,4)5)59-72-62(67)55-53-51-49-15-13-11-9-7-2/h8,10,14,16,18-19,21-22,24-25,27-28,30-31,33-34,61,65H,6-7,9,11-13,15,17,20,23,26,29,32,35-60H2,1-5H3/p+1/b10-8-,16-14-,19-18-,22-21-,25-24-,28-27-,31-30-,34-33-. The van der Waals surface area contributed by atoms with Crippen molar-refractivity contribution in [3.05, 3.63) is 97.2 Å². The Morgan fingerprint density at radius 2 is 0.770 bits per heavy atom. The topological polar surface area (TPSA) is 108 Å². The molecule has 0 bridgehead atoms. The van der Waals surface area contributed by atoms with E-state index in [0.717, 1.165) is 89.9 Å². The van der Waals surface area contributed by atoms with Crippen LogP contribution < -0.4 is 0 Å². The van der Waals surface area contributed by atoms with Crippen molar-refractivity contribution in [2.45, 2.75) is 251 Å². The number of allylic oxidation sites excluding steroid dienone is 16. The Morgan fingerprint density at radius 3 is 1.15 bits per heavy atom. The maximum Gasteiger partial charge on any atom is 0.361 e. The summed E-state index contributed by atoms with van der Waals surface area (Å²) in [4.78, 5) is 37.1. The number of carbonyl (C=O) groups is 3. The molecule has 0 heterocycles. The fourth-order valence-corrected chi connectivity index (χ4v) is 8.03.